The smallest absolute Gasteiger partial charge is 0.322 e. The van der Waals surface area contributed by atoms with E-state index in [-0.39, 0.29) is 18.1 Å². The Kier molecular flexibility index (Phi) is 6.86. The van der Waals surface area contributed by atoms with E-state index in [0.29, 0.717) is 49.9 Å². The average Bonchev–Trinajstić information content (AvgIpc) is 3.19. The van der Waals surface area contributed by atoms with Crippen LogP contribution in [-0.2, 0) is 14.8 Å². The first kappa shape index (κ1) is 21.7. The molecule has 2 amide bonds. The molecule has 0 aromatic heterocycles. The topological polar surface area (TPSA) is 97.4 Å². The second-order valence-electron chi connectivity index (χ2n) is 7.31. The molecule has 162 valence electrons. The van der Waals surface area contributed by atoms with Crippen LogP contribution in [0.2, 0.25) is 0 Å². The summed E-state index contributed by atoms with van der Waals surface area (Å²) in [5, 5.41) is 2.94. The van der Waals surface area contributed by atoms with Crippen molar-refractivity contribution in [3.05, 3.63) is 18.2 Å². The predicted octanol–water partition coefficient (Wildman–Crippen LogP) is 1.75. The highest BCUT2D eigenvalue weighted by molar-refractivity contribution is 7.88. The summed E-state index contributed by atoms with van der Waals surface area (Å²) in [6, 6.07) is 4.77. The van der Waals surface area contributed by atoms with Gasteiger partial charge in [-0.25, -0.2) is 17.5 Å². The molecule has 1 atom stereocenters. The van der Waals surface area contributed by atoms with Crippen molar-refractivity contribution >= 4 is 21.7 Å². The molecule has 0 unspecified atom stereocenters. The number of carbonyl (C=O) groups excluding carboxylic acids is 1. The second kappa shape index (κ2) is 9.19. The number of carbonyl (C=O) groups is 1. The van der Waals surface area contributed by atoms with Gasteiger partial charge in [0, 0.05) is 50.1 Å². The third-order valence-corrected chi connectivity index (χ3v) is 6.71. The highest BCUT2D eigenvalue weighted by atomic mass is 32.2. The Hall–Kier alpha value is -2.04. The van der Waals surface area contributed by atoms with Crippen molar-refractivity contribution in [3.8, 4) is 11.5 Å². The Morgan fingerprint density at radius 3 is 2.41 bits per heavy atom. The van der Waals surface area contributed by atoms with E-state index in [9.17, 15) is 13.2 Å². The lowest BCUT2D eigenvalue weighted by atomic mass is 10.0. The van der Waals surface area contributed by atoms with Crippen molar-refractivity contribution in [1.29, 1.82) is 0 Å². The zero-order chi connectivity index (χ0) is 21.0. The summed E-state index contributed by atoms with van der Waals surface area (Å²) in [6.45, 7) is 1.92. The van der Waals surface area contributed by atoms with E-state index in [1.165, 1.54) is 17.7 Å². The number of sulfonamides is 1. The number of hydrogen-bond acceptors (Lipinski definition) is 6. The Morgan fingerprint density at radius 2 is 1.83 bits per heavy atom. The van der Waals surface area contributed by atoms with Crippen LogP contribution in [0.4, 0.5) is 10.5 Å². The molecule has 1 N–H and O–H groups in total. The van der Waals surface area contributed by atoms with Crippen LogP contribution in [0.5, 0.6) is 11.5 Å². The molecule has 0 bridgehead atoms. The number of urea groups is 1. The first-order valence-electron chi connectivity index (χ1n) is 9.67. The van der Waals surface area contributed by atoms with E-state index >= 15 is 0 Å². The van der Waals surface area contributed by atoms with Crippen LogP contribution in [0.25, 0.3) is 0 Å². The van der Waals surface area contributed by atoms with Gasteiger partial charge in [-0.1, -0.05) is 0 Å². The summed E-state index contributed by atoms with van der Waals surface area (Å²) in [7, 11) is -0.191. The maximum absolute atomic E-state index is 13.2. The molecule has 0 radical (unpaired) electrons. The molecule has 2 heterocycles. The van der Waals surface area contributed by atoms with Crippen LogP contribution in [0, 0.1) is 0 Å². The molecule has 1 aromatic rings. The molecule has 2 fully saturated rings. The second-order valence-corrected chi connectivity index (χ2v) is 9.30. The van der Waals surface area contributed by atoms with Crippen LogP contribution >= 0.6 is 0 Å². The molecule has 0 spiro atoms. The van der Waals surface area contributed by atoms with Crippen LogP contribution in [0.15, 0.2) is 18.2 Å². The quantitative estimate of drug-likeness (QED) is 0.743. The van der Waals surface area contributed by atoms with Crippen molar-refractivity contribution in [2.45, 2.75) is 31.3 Å². The monoisotopic (exact) mass is 427 g/mol. The molecule has 2 aliphatic heterocycles. The van der Waals surface area contributed by atoms with Gasteiger partial charge in [0.05, 0.1) is 20.5 Å². The number of anilines is 1. The average molecular weight is 428 g/mol. The zero-order valence-electron chi connectivity index (χ0n) is 17.1. The number of amides is 2. The molecule has 9 nitrogen and oxygen atoms in total. The van der Waals surface area contributed by atoms with Crippen LogP contribution in [0.3, 0.4) is 0 Å². The van der Waals surface area contributed by atoms with Gasteiger partial charge in [0.15, 0.2) is 11.5 Å². The van der Waals surface area contributed by atoms with E-state index < -0.39 is 10.0 Å². The summed E-state index contributed by atoms with van der Waals surface area (Å²) >= 11 is 0. The molecular formula is C19H29N3O6S. The zero-order valence-corrected chi connectivity index (χ0v) is 17.9. The van der Waals surface area contributed by atoms with Gasteiger partial charge in [-0.05, 0) is 31.4 Å². The number of methoxy groups -OCH3 is 2. The molecule has 0 saturated carbocycles. The van der Waals surface area contributed by atoms with E-state index in [4.69, 9.17) is 14.2 Å². The Balaban J connectivity index is 1.79. The number of nitrogens with zero attached hydrogens (tertiary/aromatic N) is 2. The van der Waals surface area contributed by atoms with Gasteiger partial charge in [0.1, 0.15) is 0 Å². The number of benzene rings is 1. The number of rotatable bonds is 6. The largest absolute Gasteiger partial charge is 0.493 e. The number of hydrogen-bond donors (Lipinski definition) is 1. The first-order valence-corrected chi connectivity index (χ1v) is 11.5. The molecule has 2 aliphatic rings. The number of ether oxygens (including phenoxy) is 3. The lowest BCUT2D eigenvalue weighted by molar-refractivity contribution is 0.0375. The fourth-order valence-corrected chi connectivity index (χ4v) is 4.81. The van der Waals surface area contributed by atoms with Crippen molar-refractivity contribution in [3.63, 3.8) is 0 Å². The maximum atomic E-state index is 13.2. The van der Waals surface area contributed by atoms with E-state index in [1.54, 1.807) is 25.3 Å². The summed E-state index contributed by atoms with van der Waals surface area (Å²) in [5.41, 5.74) is 0.586. The maximum Gasteiger partial charge on any atom is 0.322 e. The minimum Gasteiger partial charge on any atom is -0.493 e. The molecule has 29 heavy (non-hydrogen) atoms. The molecule has 1 aromatic carbocycles. The van der Waals surface area contributed by atoms with Gasteiger partial charge in [-0.2, -0.15) is 0 Å². The van der Waals surface area contributed by atoms with Crippen molar-refractivity contribution < 1.29 is 27.4 Å². The minimum atomic E-state index is -3.28. The Labute approximate surface area is 171 Å². The number of nitrogens with one attached hydrogen (secondary N) is 1. The van der Waals surface area contributed by atoms with Gasteiger partial charge in [-0.15, -0.1) is 0 Å². The van der Waals surface area contributed by atoms with Crippen LogP contribution < -0.4 is 14.8 Å². The van der Waals surface area contributed by atoms with Gasteiger partial charge >= 0.3 is 6.03 Å². The Morgan fingerprint density at radius 1 is 1.14 bits per heavy atom. The SMILES string of the molecule is COc1ccc(NC(=O)N(C2CCOCC2)[C@H]2CCN(S(C)(=O)=O)C2)cc1OC. The summed E-state index contributed by atoms with van der Waals surface area (Å²) in [4.78, 5) is 15.1. The summed E-state index contributed by atoms with van der Waals surface area (Å²) < 4.78 is 41.3. The van der Waals surface area contributed by atoms with Gasteiger partial charge in [-0.3, -0.25) is 0 Å². The fourth-order valence-electron chi connectivity index (χ4n) is 3.93. The molecule has 10 heteroatoms. The standard InChI is InChI=1S/C19H29N3O6S/c1-26-17-5-4-14(12-18(17)27-2)20-19(23)22(15-7-10-28-11-8-15)16-6-9-21(13-16)29(3,24)25/h4-5,12,15-16H,6-11,13H2,1-3H3,(H,20,23)/t16-/m0/s1. The summed E-state index contributed by atoms with van der Waals surface area (Å²) in [6.07, 6.45) is 3.28. The van der Waals surface area contributed by atoms with E-state index in [2.05, 4.69) is 5.32 Å². The highest BCUT2D eigenvalue weighted by Gasteiger charge is 2.38. The van der Waals surface area contributed by atoms with Gasteiger partial charge < -0.3 is 24.4 Å². The molecule has 0 aliphatic carbocycles. The lowest BCUT2D eigenvalue weighted by Gasteiger charge is -2.38. The normalized spacial score (nSPS) is 21.0. The summed E-state index contributed by atoms with van der Waals surface area (Å²) in [5.74, 6) is 1.10. The third-order valence-electron chi connectivity index (χ3n) is 5.44. The van der Waals surface area contributed by atoms with Crippen molar-refractivity contribution in [1.82, 2.24) is 9.21 Å². The van der Waals surface area contributed by atoms with Crippen LogP contribution in [-0.4, -0.2) is 82.5 Å². The highest BCUT2D eigenvalue weighted by Crippen LogP contribution is 2.31. The molecular weight excluding hydrogens is 398 g/mol. The van der Waals surface area contributed by atoms with E-state index in [1.807, 2.05) is 4.90 Å². The van der Waals surface area contributed by atoms with Gasteiger partial charge in [0.2, 0.25) is 10.0 Å². The van der Waals surface area contributed by atoms with Crippen molar-refractivity contribution in [2.75, 3.05) is 52.1 Å². The lowest BCUT2D eigenvalue weighted by Crippen LogP contribution is -2.52. The van der Waals surface area contributed by atoms with Crippen molar-refractivity contribution in [2.24, 2.45) is 0 Å². The molecule has 3 rings (SSSR count). The molecule has 2 saturated heterocycles. The predicted molar refractivity (Wildman–Crippen MR) is 109 cm³/mol. The first-order chi connectivity index (χ1) is 13.8. The Bertz CT molecular complexity index is 825. The minimum absolute atomic E-state index is 0.00778. The van der Waals surface area contributed by atoms with Gasteiger partial charge in [0.25, 0.3) is 0 Å². The third kappa shape index (κ3) is 5.12. The van der Waals surface area contributed by atoms with E-state index in [0.717, 1.165) is 12.8 Å². The fraction of sp³-hybridized carbons (Fsp3) is 0.632. The van der Waals surface area contributed by atoms with Crippen LogP contribution in [0.1, 0.15) is 19.3 Å².